The molecular weight excluding hydrogens is 532 g/mol. The van der Waals surface area contributed by atoms with Crippen LogP contribution in [-0.4, -0.2) is 74.2 Å². The third-order valence-corrected chi connectivity index (χ3v) is 6.80. The Morgan fingerprint density at radius 1 is 0.634 bits per heavy atom. The van der Waals surface area contributed by atoms with Crippen LogP contribution in [0.5, 0.6) is 0 Å². The molecule has 0 aromatic heterocycles. The maximum absolute atomic E-state index is 12.5. The van der Waals surface area contributed by atoms with Crippen molar-refractivity contribution in [3.63, 3.8) is 0 Å². The Hall–Kier alpha value is -3.11. The molecule has 0 saturated carbocycles. The third-order valence-electron chi connectivity index (χ3n) is 6.80. The van der Waals surface area contributed by atoms with Crippen molar-refractivity contribution in [3.05, 3.63) is 0 Å². The topological polar surface area (TPSA) is 178 Å². The molecule has 0 spiro atoms. The molecule has 0 aromatic rings. The number of aliphatic carboxylic acids is 3. The standard InChI is InChI=1S/C30H50N2O9/c1-24(33)20-21-25(30(40)41)31-26(34)17-16-22-32(23-29(38)39)27(35)18-14-12-10-8-6-4-2-3-5-7-9-11-13-15-19-28(36)37/h22,25H,2-21,23H2,1H3,(H3-,31,34,36,37,38,39,40,41)/p+1. The van der Waals surface area contributed by atoms with Gasteiger partial charge >= 0.3 is 23.8 Å². The van der Waals surface area contributed by atoms with E-state index >= 15 is 0 Å². The van der Waals surface area contributed by atoms with E-state index in [9.17, 15) is 33.9 Å². The minimum absolute atomic E-state index is 0.0102. The van der Waals surface area contributed by atoms with Crippen LogP contribution in [-0.2, 0) is 28.8 Å². The summed E-state index contributed by atoms with van der Waals surface area (Å²) in [4.78, 5) is 68.6. The van der Waals surface area contributed by atoms with Crippen molar-refractivity contribution < 1.29 is 48.7 Å². The molecule has 0 saturated heterocycles. The second-order valence-corrected chi connectivity index (χ2v) is 10.7. The van der Waals surface area contributed by atoms with Crippen LogP contribution >= 0.6 is 0 Å². The molecule has 0 fully saturated rings. The van der Waals surface area contributed by atoms with Gasteiger partial charge in [0.1, 0.15) is 18.0 Å². The Bertz CT molecular complexity index is 855. The van der Waals surface area contributed by atoms with Crippen molar-refractivity contribution in [2.45, 2.75) is 141 Å². The fourth-order valence-electron chi connectivity index (χ4n) is 4.44. The molecule has 0 aromatic carbocycles. The van der Waals surface area contributed by atoms with Gasteiger partial charge in [0.25, 0.3) is 0 Å². The van der Waals surface area contributed by atoms with Crippen LogP contribution in [0.15, 0.2) is 0 Å². The predicted octanol–water partition coefficient (Wildman–Crippen LogP) is 4.73. The molecule has 0 heterocycles. The van der Waals surface area contributed by atoms with Crippen LogP contribution in [0.25, 0.3) is 0 Å². The lowest BCUT2D eigenvalue weighted by atomic mass is 10.0. The number of amides is 2. The van der Waals surface area contributed by atoms with Gasteiger partial charge in [-0.2, -0.15) is 4.58 Å². The smallest absolute Gasteiger partial charge is 0.387 e. The molecule has 0 aliphatic rings. The Balaban J connectivity index is 4.08. The van der Waals surface area contributed by atoms with Crippen molar-refractivity contribution in [1.29, 1.82) is 0 Å². The molecule has 0 aliphatic carbocycles. The van der Waals surface area contributed by atoms with E-state index < -0.39 is 36.4 Å². The van der Waals surface area contributed by atoms with Crippen LogP contribution in [0.1, 0.15) is 135 Å². The van der Waals surface area contributed by atoms with E-state index in [1.54, 1.807) is 0 Å². The lowest BCUT2D eigenvalue weighted by Crippen LogP contribution is -2.41. The Labute approximate surface area is 243 Å². The summed E-state index contributed by atoms with van der Waals surface area (Å²) in [5, 5.41) is 29.3. The number of carbonyl (C=O) groups is 6. The fraction of sp³-hybridized carbons (Fsp3) is 0.767. The first-order chi connectivity index (χ1) is 19.5. The van der Waals surface area contributed by atoms with Gasteiger partial charge in [0.15, 0.2) is 0 Å². The van der Waals surface area contributed by atoms with Gasteiger partial charge in [-0.05, 0) is 26.2 Å². The number of nitrogens with zero attached hydrogens (tertiary/aromatic N) is 1. The number of nitrogens with one attached hydrogen (secondary N) is 1. The highest BCUT2D eigenvalue weighted by atomic mass is 16.4. The van der Waals surface area contributed by atoms with Gasteiger partial charge in [-0.15, -0.1) is 0 Å². The number of carboxylic acids is 3. The summed E-state index contributed by atoms with van der Waals surface area (Å²) in [5.74, 6) is -4.16. The highest BCUT2D eigenvalue weighted by Gasteiger charge is 2.22. The molecule has 2 amide bonds. The molecule has 0 aliphatic heterocycles. The molecule has 41 heavy (non-hydrogen) atoms. The minimum atomic E-state index is -1.24. The van der Waals surface area contributed by atoms with Gasteiger partial charge in [0, 0.05) is 25.7 Å². The average molecular weight is 584 g/mol. The maximum Gasteiger partial charge on any atom is 0.387 e. The molecule has 0 bridgehead atoms. The van der Waals surface area contributed by atoms with Gasteiger partial charge in [-0.25, -0.2) is 14.4 Å². The van der Waals surface area contributed by atoms with Crippen LogP contribution in [0, 0.1) is 0 Å². The molecule has 0 radical (unpaired) electrons. The van der Waals surface area contributed by atoms with Crippen molar-refractivity contribution >= 4 is 41.7 Å². The van der Waals surface area contributed by atoms with E-state index in [2.05, 4.69) is 5.32 Å². The minimum Gasteiger partial charge on any atom is -0.481 e. The number of Topliss-reactive ketones (excluding diaryl/α,β-unsaturated/α-hetero) is 1. The number of rotatable bonds is 27. The van der Waals surface area contributed by atoms with Crippen LogP contribution in [0.3, 0.4) is 0 Å². The average Bonchev–Trinajstić information content (AvgIpc) is 2.89. The Morgan fingerprint density at radius 2 is 1.10 bits per heavy atom. The van der Waals surface area contributed by atoms with Crippen molar-refractivity contribution in [3.8, 4) is 0 Å². The van der Waals surface area contributed by atoms with E-state index in [0.717, 1.165) is 49.5 Å². The summed E-state index contributed by atoms with van der Waals surface area (Å²) in [6.07, 6.45) is 16.8. The lowest BCUT2D eigenvalue weighted by molar-refractivity contribution is -0.438. The number of carbonyl (C=O) groups excluding carboxylic acids is 3. The van der Waals surface area contributed by atoms with Crippen LogP contribution < -0.4 is 5.32 Å². The lowest BCUT2D eigenvalue weighted by Gasteiger charge is -2.13. The zero-order valence-electron chi connectivity index (χ0n) is 24.7. The van der Waals surface area contributed by atoms with Crippen molar-refractivity contribution in [2.75, 3.05) is 6.54 Å². The van der Waals surface area contributed by atoms with Gasteiger partial charge in [0.05, 0.1) is 6.42 Å². The van der Waals surface area contributed by atoms with E-state index in [4.69, 9.17) is 10.2 Å². The molecular formula is C30H51N2O9+. The second kappa shape index (κ2) is 24.7. The molecule has 4 N–H and O–H groups in total. The zero-order chi connectivity index (χ0) is 30.9. The summed E-state index contributed by atoms with van der Waals surface area (Å²) in [6.45, 7) is 0.842. The number of ketones is 1. The second-order valence-electron chi connectivity index (χ2n) is 10.7. The summed E-state index contributed by atoms with van der Waals surface area (Å²) in [6, 6.07) is -1.18. The van der Waals surface area contributed by atoms with Gasteiger partial charge in [0.2, 0.25) is 12.5 Å². The zero-order valence-corrected chi connectivity index (χ0v) is 24.7. The highest BCUT2D eigenvalue weighted by Crippen LogP contribution is 2.14. The van der Waals surface area contributed by atoms with Gasteiger partial charge in [-0.1, -0.05) is 77.0 Å². The quantitative estimate of drug-likeness (QED) is 0.0604. The largest absolute Gasteiger partial charge is 0.481 e. The number of hydrogen-bond donors (Lipinski definition) is 4. The number of carboxylic acid groups (broad SMARTS) is 3. The maximum atomic E-state index is 12.5. The van der Waals surface area contributed by atoms with E-state index in [1.807, 2.05) is 0 Å². The normalized spacial score (nSPS) is 12.1. The Morgan fingerprint density at radius 3 is 1.51 bits per heavy atom. The first kappa shape index (κ1) is 37.9. The molecule has 11 nitrogen and oxygen atoms in total. The van der Waals surface area contributed by atoms with Crippen molar-refractivity contribution in [1.82, 2.24) is 5.32 Å². The predicted molar refractivity (Wildman–Crippen MR) is 154 cm³/mol. The summed E-state index contributed by atoms with van der Waals surface area (Å²) in [7, 11) is 0. The SMILES string of the molecule is CC(=O)CCC(NC(=O)CCC=[N+](CC(=O)O)C(=O)CCCCCCCCCCCCCCCCC(=O)O)C(=O)O. The van der Waals surface area contributed by atoms with E-state index in [-0.39, 0.29) is 50.2 Å². The monoisotopic (exact) mass is 583 g/mol. The number of unbranched alkanes of at least 4 members (excludes halogenated alkanes) is 13. The molecule has 11 heteroatoms. The van der Waals surface area contributed by atoms with E-state index in [1.165, 1.54) is 51.7 Å². The van der Waals surface area contributed by atoms with Crippen LogP contribution in [0.4, 0.5) is 0 Å². The van der Waals surface area contributed by atoms with Gasteiger partial charge in [-0.3, -0.25) is 9.59 Å². The van der Waals surface area contributed by atoms with Gasteiger partial charge < -0.3 is 25.4 Å². The first-order valence-electron chi connectivity index (χ1n) is 15.1. The molecule has 0 rings (SSSR count). The third kappa shape index (κ3) is 24.4. The first-order valence-corrected chi connectivity index (χ1v) is 15.1. The molecule has 234 valence electrons. The summed E-state index contributed by atoms with van der Waals surface area (Å²) < 4.78 is 1.11. The van der Waals surface area contributed by atoms with E-state index in [0.29, 0.717) is 6.42 Å². The van der Waals surface area contributed by atoms with Crippen LogP contribution in [0.2, 0.25) is 0 Å². The molecule has 1 unspecified atom stereocenters. The summed E-state index contributed by atoms with van der Waals surface area (Å²) >= 11 is 0. The number of hydrogen-bond acceptors (Lipinski definition) is 6. The fourth-order valence-corrected chi connectivity index (χ4v) is 4.44. The van der Waals surface area contributed by atoms with Crippen molar-refractivity contribution in [2.24, 2.45) is 0 Å². The highest BCUT2D eigenvalue weighted by molar-refractivity contribution is 5.85. The molecule has 1 atom stereocenters. The summed E-state index contributed by atoms with van der Waals surface area (Å²) in [5.41, 5.74) is 0. The Kier molecular flexibility index (Phi) is 22.8.